The van der Waals surface area contributed by atoms with Gasteiger partial charge in [-0.25, -0.2) is 0 Å². The molecule has 1 fully saturated rings. The summed E-state index contributed by atoms with van der Waals surface area (Å²) < 4.78 is 13.1. The van der Waals surface area contributed by atoms with Crippen molar-refractivity contribution in [2.24, 2.45) is 5.92 Å². The molecule has 7 nitrogen and oxygen atoms in total. The van der Waals surface area contributed by atoms with Crippen LogP contribution in [0.5, 0.6) is 0 Å². The fourth-order valence-electron chi connectivity index (χ4n) is 4.60. The van der Waals surface area contributed by atoms with E-state index in [1.54, 1.807) is 0 Å². The molecular weight excluding hydrogens is 466 g/mol. The van der Waals surface area contributed by atoms with Crippen LogP contribution >= 0.6 is 0 Å². The van der Waals surface area contributed by atoms with Crippen LogP contribution in [0.25, 0.3) is 0 Å². The van der Waals surface area contributed by atoms with Crippen molar-refractivity contribution in [3.05, 3.63) is 101 Å². The second-order valence-corrected chi connectivity index (χ2v) is 9.81. The Bertz CT molecular complexity index is 1120. The normalized spacial score (nSPS) is 21.6. The summed E-state index contributed by atoms with van der Waals surface area (Å²) in [7, 11) is 2.12. The molecule has 0 radical (unpaired) electrons. The summed E-state index contributed by atoms with van der Waals surface area (Å²) in [6, 6.07) is 22.0. The lowest BCUT2D eigenvalue weighted by molar-refractivity contribution is -0.275. The Labute approximate surface area is 219 Å². The molecule has 0 spiro atoms. The maximum Gasteiger partial charge on any atom is 0.217 e. The van der Waals surface area contributed by atoms with E-state index in [4.69, 9.17) is 9.47 Å². The molecule has 1 aliphatic rings. The van der Waals surface area contributed by atoms with Crippen LogP contribution in [0, 0.1) is 5.92 Å². The van der Waals surface area contributed by atoms with E-state index in [1.807, 2.05) is 66.9 Å². The van der Waals surface area contributed by atoms with E-state index >= 15 is 0 Å². The highest BCUT2D eigenvalue weighted by molar-refractivity contribution is 5.72. The molecule has 0 bridgehead atoms. The van der Waals surface area contributed by atoms with Gasteiger partial charge in [-0.2, -0.15) is 0 Å². The van der Waals surface area contributed by atoms with Gasteiger partial charge in [0.2, 0.25) is 5.91 Å². The second kappa shape index (κ2) is 12.9. The number of ether oxygens (including phenoxy) is 2. The predicted molar refractivity (Wildman–Crippen MR) is 142 cm³/mol. The molecule has 1 aliphatic heterocycles. The van der Waals surface area contributed by atoms with Crippen molar-refractivity contribution in [1.82, 2.24) is 15.2 Å². The number of hydrogen-bond acceptors (Lipinski definition) is 6. The molecule has 4 rings (SSSR count). The standard InChI is InChI=1S/C30H37N3O4/c1-21-28(19-33(3)17-15-27-6-4-5-16-31-27)36-30(26-13-7-23(8-14-26)18-32-22(2)35)37-29(21)25-11-9-24(20-34)10-12-25/h4-14,16,21,28-30,34H,15,17-20H2,1-3H3,(H,32,35)/t21-,28+,29+,30+/m1/s1. The Morgan fingerprint density at radius 2 is 1.70 bits per heavy atom. The monoisotopic (exact) mass is 503 g/mol. The molecule has 4 atom stereocenters. The van der Waals surface area contributed by atoms with E-state index in [0.717, 1.165) is 47.5 Å². The summed E-state index contributed by atoms with van der Waals surface area (Å²) >= 11 is 0. The van der Waals surface area contributed by atoms with Crippen molar-refractivity contribution in [3.63, 3.8) is 0 Å². The average molecular weight is 504 g/mol. The van der Waals surface area contributed by atoms with E-state index < -0.39 is 6.29 Å². The fourth-order valence-corrected chi connectivity index (χ4v) is 4.60. The van der Waals surface area contributed by atoms with E-state index in [2.05, 4.69) is 35.2 Å². The van der Waals surface area contributed by atoms with Crippen LogP contribution < -0.4 is 5.32 Å². The van der Waals surface area contributed by atoms with Gasteiger partial charge in [-0.1, -0.05) is 61.5 Å². The summed E-state index contributed by atoms with van der Waals surface area (Å²) in [5.74, 6) is 0.0645. The number of benzene rings is 2. The second-order valence-electron chi connectivity index (χ2n) is 9.81. The van der Waals surface area contributed by atoms with Gasteiger partial charge in [-0.3, -0.25) is 9.78 Å². The molecule has 1 amide bonds. The van der Waals surface area contributed by atoms with Crippen LogP contribution in [-0.4, -0.2) is 47.1 Å². The van der Waals surface area contributed by atoms with Crippen LogP contribution in [0.1, 0.15) is 54.2 Å². The van der Waals surface area contributed by atoms with Crippen molar-refractivity contribution in [2.45, 2.75) is 51.9 Å². The van der Waals surface area contributed by atoms with Gasteiger partial charge in [0, 0.05) is 56.4 Å². The van der Waals surface area contributed by atoms with Gasteiger partial charge in [0.05, 0.1) is 18.8 Å². The number of pyridine rings is 1. The van der Waals surface area contributed by atoms with Crippen LogP contribution in [0.3, 0.4) is 0 Å². The third kappa shape index (κ3) is 7.46. The molecule has 196 valence electrons. The summed E-state index contributed by atoms with van der Waals surface area (Å²) in [6.07, 6.45) is 1.99. The summed E-state index contributed by atoms with van der Waals surface area (Å²) in [5.41, 5.74) is 4.98. The quantitative estimate of drug-likeness (QED) is 0.432. The lowest BCUT2D eigenvalue weighted by Gasteiger charge is -2.42. The first kappa shape index (κ1) is 26.9. The van der Waals surface area contributed by atoms with Crippen molar-refractivity contribution >= 4 is 5.91 Å². The largest absolute Gasteiger partial charge is 0.392 e. The van der Waals surface area contributed by atoms with E-state index in [9.17, 15) is 9.90 Å². The van der Waals surface area contributed by atoms with E-state index in [0.29, 0.717) is 6.54 Å². The van der Waals surface area contributed by atoms with Crippen molar-refractivity contribution in [1.29, 1.82) is 0 Å². The fraction of sp³-hybridized carbons (Fsp3) is 0.400. The van der Waals surface area contributed by atoms with Gasteiger partial charge in [-0.15, -0.1) is 0 Å². The maximum atomic E-state index is 11.3. The molecule has 3 aromatic rings. The first-order chi connectivity index (χ1) is 17.9. The predicted octanol–water partition coefficient (Wildman–Crippen LogP) is 4.18. The Morgan fingerprint density at radius 3 is 2.35 bits per heavy atom. The van der Waals surface area contributed by atoms with Gasteiger partial charge in [0.25, 0.3) is 0 Å². The molecule has 1 aromatic heterocycles. The lowest BCUT2D eigenvalue weighted by atomic mass is 9.90. The van der Waals surface area contributed by atoms with Crippen LogP contribution in [0.15, 0.2) is 72.9 Å². The van der Waals surface area contributed by atoms with Crippen molar-refractivity contribution in [2.75, 3.05) is 20.1 Å². The highest BCUT2D eigenvalue weighted by Gasteiger charge is 2.38. The maximum absolute atomic E-state index is 11.3. The molecule has 2 aromatic carbocycles. The Balaban J connectivity index is 1.50. The molecule has 2 N–H and O–H groups in total. The van der Waals surface area contributed by atoms with Crippen LogP contribution in [-0.2, 0) is 33.8 Å². The Hall–Kier alpha value is -3.10. The molecular formula is C30H37N3O4. The number of aliphatic hydroxyl groups is 1. The zero-order valence-electron chi connectivity index (χ0n) is 21.8. The van der Waals surface area contributed by atoms with Gasteiger partial charge in [0.1, 0.15) is 0 Å². The molecule has 0 saturated carbocycles. The van der Waals surface area contributed by atoms with E-state index in [-0.39, 0.29) is 30.6 Å². The smallest absolute Gasteiger partial charge is 0.217 e. The zero-order chi connectivity index (χ0) is 26.2. The number of aromatic nitrogens is 1. The Morgan fingerprint density at radius 1 is 1.00 bits per heavy atom. The number of nitrogens with zero attached hydrogens (tertiary/aromatic N) is 2. The van der Waals surface area contributed by atoms with Gasteiger partial charge in [0.15, 0.2) is 6.29 Å². The minimum atomic E-state index is -0.511. The number of aliphatic hydroxyl groups excluding tert-OH is 1. The number of carbonyl (C=O) groups is 1. The first-order valence-corrected chi connectivity index (χ1v) is 12.8. The minimum Gasteiger partial charge on any atom is -0.392 e. The molecule has 0 aliphatic carbocycles. The first-order valence-electron chi connectivity index (χ1n) is 12.8. The van der Waals surface area contributed by atoms with Gasteiger partial charge < -0.3 is 24.8 Å². The number of likely N-dealkylation sites (N-methyl/N-ethyl adjacent to an activating group) is 1. The SMILES string of the molecule is CC(=O)NCc1ccc([C@H]2O[C@@H](CN(C)CCc3ccccn3)[C@@H](C)[C@@H](c3ccc(CO)cc3)O2)cc1. The third-order valence-corrected chi connectivity index (χ3v) is 6.88. The molecule has 7 heteroatoms. The number of hydrogen-bond donors (Lipinski definition) is 2. The topological polar surface area (TPSA) is 83.9 Å². The summed E-state index contributed by atoms with van der Waals surface area (Å²) in [4.78, 5) is 18.0. The van der Waals surface area contributed by atoms with Crippen molar-refractivity contribution < 1.29 is 19.4 Å². The van der Waals surface area contributed by atoms with E-state index in [1.165, 1.54) is 6.92 Å². The average Bonchev–Trinajstić information content (AvgIpc) is 2.93. The van der Waals surface area contributed by atoms with Crippen LogP contribution in [0.2, 0.25) is 0 Å². The van der Waals surface area contributed by atoms with Gasteiger partial charge >= 0.3 is 0 Å². The molecule has 2 heterocycles. The van der Waals surface area contributed by atoms with Crippen molar-refractivity contribution in [3.8, 4) is 0 Å². The number of rotatable bonds is 10. The zero-order valence-corrected chi connectivity index (χ0v) is 21.8. The van der Waals surface area contributed by atoms with Gasteiger partial charge in [-0.05, 0) is 35.9 Å². The Kier molecular flexibility index (Phi) is 9.41. The molecule has 0 unspecified atom stereocenters. The lowest BCUT2D eigenvalue weighted by Crippen LogP contribution is -2.43. The molecule has 1 saturated heterocycles. The highest BCUT2D eigenvalue weighted by atomic mass is 16.7. The third-order valence-electron chi connectivity index (χ3n) is 6.88. The summed E-state index contributed by atoms with van der Waals surface area (Å²) in [5, 5.41) is 12.3. The highest BCUT2D eigenvalue weighted by Crippen LogP contribution is 2.41. The minimum absolute atomic E-state index is 0.0155. The molecule has 37 heavy (non-hydrogen) atoms. The van der Waals surface area contributed by atoms with Crippen LogP contribution in [0.4, 0.5) is 0 Å². The number of carbonyl (C=O) groups excluding carboxylic acids is 1. The number of nitrogens with one attached hydrogen (secondary N) is 1. The summed E-state index contributed by atoms with van der Waals surface area (Å²) in [6.45, 7) is 5.83. The number of amides is 1.